The minimum Gasteiger partial charge on any atom is -0.331 e. The molecular weight excluding hydrogens is 353 g/mol. The van der Waals surface area contributed by atoms with Crippen LogP contribution in [0.2, 0.25) is 0 Å². The van der Waals surface area contributed by atoms with Gasteiger partial charge in [0.25, 0.3) is 0 Å². The molecular formula is C21H23F3N2O. The van der Waals surface area contributed by atoms with Crippen molar-refractivity contribution in [3.8, 4) is 11.1 Å². The number of carbonyl (C=O) groups excluding carboxylic acids is 1. The number of hydrogen-bond donors (Lipinski definition) is 0. The lowest BCUT2D eigenvalue weighted by atomic mass is 9.95. The predicted octanol–water partition coefficient (Wildman–Crippen LogP) is 4.73. The van der Waals surface area contributed by atoms with E-state index in [0.717, 1.165) is 10.5 Å². The Morgan fingerprint density at radius 1 is 1.26 bits per heavy atom. The van der Waals surface area contributed by atoms with E-state index in [-0.39, 0.29) is 18.5 Å². The van der Waals surface area contributed by atoms with Gasteiger partial charge in [0.15, 0.2) is 6.17 Å². The minimum absolute atomic E-state index is 0.0339. The molecule has 3 nitrogen and oxygen atoms in total. The van der Waals surface area contributed by atoms with Gasteiger partial charge in [-0.3, -0.25) is 4.90 Å². The fraction of sp³-hybridized carbons (Fsp3) is 0.381. The molecule has 0 N–H and O–H groups in total. The summed E-state index contributed by atoms with van der Waals surface area (Å²) in [5, 5.41) is 0. The van der Waals surface area contributed by atoms with Crippen LogP contribution in [0.5, 0.6) is 0 Å². The van der Waals surface area contributed by atoms with E-state index in [1.54, 1.807) is 18.2 Å². The van der Waals surface area contributed by atoms with Crippen LogP contribution in [0.3, 0.4) is 0 Å². The van der Waals surface area contributed by atoms with Gasteiger partial charge in [-0.25, -0.2) is 18.0 Å². The first kappa shape index (κ1) is 19.3. The quantitative estimate of drug-likeness (QED) is 0.710. The van der Waals surface area contributed by atoms with E-state index in [2.05, 4.69) is 0 Å². The molecule has 0 aliphatic carbocycles. The van der Waals surface area contributed by atoms with Gasteiger partial charge in [-0.15, -0.1) is 0 Å². The fourth-order valence-corrected chi connectivity index (χ4v) is 3.54. The van der Waals surface area contributed by atoms with E-state index in [1.165, 1.54) is 25.1 Å². The molecule has 2 atom stereocenters. The van der Waals surface area contributed by atoms with E-state index in [4.69, 9.17) is 0 Å². The number of urea groups is 1. The first-order valence-electron chi connectivity index (χ1n) is 8.90. The minimum atomic E-state index is -2.56. The van der Waals surface area contributed by atoms with Crippen LogP contribution in [0.4, 0.5) is 18.0 Å². The lowest BCUT2D eigenvalue weighted by Crippen LogP contribution is -2.53. The average Bonchev–Trinajstić information content (AvgIpc) is 2.91. The molecule has 2 unspecified atom stereocenters. The summed E-state index contributed by atoms with van der Waals surface area (Å²) >= 11 is 0. The number of amides is 2. The van der Waals surface area contributed by atoms with Crippen LogP contribution in [-0.4, -0.2) is 48.4 Å². The number of aryl methyl sites for hydroxylation is 1. The average molecular weight is 376 g/mol. The Bertz CT molecular complexity index is 855. The number of nitrogens with zero attached hydrogens (tertiary/aromatic N) is 2. The Labute approximate surface area is 157 Å². The molecule has 0 aromatic heterocycles. The second-order valence-electron chi connectivity index (χ2n) is 7.23. The summed E-state index contributed by atoms with van der Waals surface area (Å²) < 4.78 is 45.1. The first-order chi connectivity index (χ1) is 12.7. The second-order valence-corrected chi connectivity index (χ2v) is 7.23. The highest BCUT2D eigenvalue weighted by atomic mass is 19.2. The molecule has 144 valence electrons. The van der Waals surface area contributed by atoms with Crippen LogP contribution < -0.4 is 0 Å². The molecule has 0 radical (unpaired) electrons. The van der Waals surface area contributed by atoms with Crippen molar-refractivity contribution < 1.29 is 18.0 Å². The van der Waals surface area contributed by atoms with Gasteiger partial charge < -0.3 is 4.90 Å². The summed E-state index contributed by atoms with van der Waals surface area (Å²) in [6, 6.07) is 11.4. The molecule has 1 saturated heterocycles. The van der Waals surface area contributed by atoms with E-state index in [1.807, 2.05) is 25.1 Å². The van der Waals surface area contributed by atoms with Crippen LogP contribution in [0.15, 0.2) is 42.5 Å². The van der Waals surface area contributed by atoms with Crippen molar-refractivity contribution in [3.05, 3.63) is 59.4 Å². The molecule has 1 fully saturated rings. The highest BCUT2D eigenvalue weighted by Gasteiger charge is 2.53. The van der Waals surface area contributed by atoms with Gasteiger partial charge in [0.1, 0.15) is 5.82 Å². The molecule has 2 aromatic rings. The topological polar surface area (TPSA) is 23.6 Å². The Kier molecular flexibility index (Phi) is 5.18. The van der Waals surface area contributed by atoms with Gasteiger partial charge in [-0.2, -0.15) is 0 Å². The molecule has 1 aliphatic heterocycles. The predicted molar refractivity (Wildman–Crippen MR) is 99.4 cm³/mol. The van der Waals surface area contributed by atoms with Crippen molar-refractivity contribution in [2.24, 2.45) is 0 Å². The highest BCUT2D eigenvalue weighted by molar-refractivity contribution is 5.75. The largest absolute Gasteiger partial charge is 0.331 e. The van der Waals surface area contributed by atoms with Crippen molar-refractivity contribution in [1.82, 2.24) is 9.80 Å². The smallest absolute Gasteiger partial charge is 0.322 e. The Hall–Kier alpha value is -2.50. The molecule has 27 heavy (non-hydrogen) atoms. The zero-order valence-corrected chi connectivity index (χ0v) is 15.7. The summed E-state index contributed by atoms with van der Waals surface area (Å²) in [4.78, 5) is 14.3. The number of halogens is 3. The maximum atomic E-state index is 15.6. The molecule has 3 rings (SSSR count). The van der Waals surface area contributed by atoms with Gasteiger partial charge in [-0.05, 0) is 18.1 Å². The summed E-state index contributed by atoms with van der Waals surface area (Å²) in [5.74, 6) is -3.15. The lowest BCUT2D eigenvalue weighted by Gasteiger charge is -2.34. The van der Waals surface area contributed by atoms with Gasteiger partial charge in [0.05, 0.1) is 0 Å². The molecule has 0 bridgehead atoms. The number of rotatable bonds is 3. The zero-order chi connectivity index (χ0) is 19.8. The van der Waals surface area contributed by atoms with Crippen LogP contribution >= 0.6 is 0 Å². The second kappa shape index (κ2) is 7.25. The molecule has 0 spiro atoms. The third-order valence-corrected chi connectivity index (χ3v) is 4.99. The SMILES string of the molecule is Cc1cccc(-c2cccc(CC3(F)C(F)CCN3C(=O)N(C)C)c2F)c1. The molecule has 0 saturated carbocycles. The maximum Gasteiger partial charge on any atom is 0.322 e. The van der Waals surface area contributed by atoms with Crippen molar-refractivity contribution in [3.63, 3.8) is 0 Å². The fourth-order valence-electron chi connectivity index (χ4n) is 3.54. The number of alkyl halides is 2. The van der Waals surface area contributed by atoms with E-state index < -0.39 is 30.2 Å². The summed E-state index contributed by atoms with van der Waals surface area (Å²) in [7, 11) is 2.96. The van der Waals surface area contributed by atoms with Gasteiger partial charge in [-0.1, -0.05) is 48.0 Å². The van der Waals surface area contributed by atoms with Crippen LogP contribution in [0, 0.1) is 12.7 Å². The van der Waals surface area contributed by atoms with Gasteiger partial charge in [0, 0.05) is 39.0 Å². The lowest BCUT2D eigenvalue weighted by molar-refractivity contribution is -0.0264. The third kappa shape index (κ3) is 3.53. The van der Waals surface area contributed by atoms with Gasteiger partial charge >= 0.3 is 6.03 Å². The summed E-state index contributed by atoms with van der Waals surface area (Å²) in [6.45, 7) is 1.87. The monoisotopic (exact) mass is 376 g/mol. The standard InChI is InChI=1S/C21H23F3N2O/c1-14-6-4-7-15(12-14)17-9-5-8-16(19(17)23)13-21(24)18(22)10-11-26(21)20(27)25(2)3/h4-9,12,18H,10-11,13H2,1-3H3. The number of hydrogen-bond acceptors (Lipinski definition) is 1. The van der Waals surface area contributed by atoms with Crippen molar-refractivity contribution in [1.29, 1.82) is 0 Å². The highest BCUT2D eigenvalue weighted by Crippen LogP contribution is 2.38. The molecule has 2 amide bonds. The summed E-state index contributed by atoms with van der Waals surface area (Å²) in [5.41, 5.74) is 2.03. The molecule has 2 aromatic carbocycles. The number of carbonyl (C=O) groups is 1. The number of likely N-dealkylation sites (tertiary alicyclic amines) is 1. The van der Waals surface area contributed by atoms with Crippen LogP contribution in [0.1, 0.15) is 17.5 Å². The Morgan fingerprint density at radius 3 is 2.63 bits per heavy atom. The van der Waals surface area contributed by atoms with Crippen molar-refractivity contribution in [2.45, 2.75) is 31.7 Å². The number of benzene rings is 2. The molecule has 6 heteroatoms. The van der Waals surface area contributed by atoms with Crippen LogP contribution in [0.25, 0.3) is 11.1 Å². The zero-order valence-electron chi connectivity index (χ0n) is 15.7. The molecule has 1 aliphatic rings. The third-order valence-electron chi connectivity index (χ3n) is 4.99. The molecule has 1 heterocycles. The van der Waals surface area contributed by atoms with Crippen molar-refractivity contribution in [2.75, 3.05) is 20.6 Å². The summed E-state index contributed by atoms with van der Waals surface area (Å²) in [6.07, 6.45) is -2.49. The Balaban J connectivity index is 1.97. The van der Waals surface area contributed by atoms with Crippen molar-refractivity contribution >= 4 is 6.03 Å². The van der Waals surface area contributed by atoms with Crippen LogP contribution in [-0.2, 0) is 6.42 Å². The maximum absolute atomic E-state index is 15.6. The Morgan fingerprint density at radius 2 is 1.96 bits per heavy atom. The van der Waals surface area contributed by atoms with E-state index in [9.17, 15) is 9.18 Å². The van der Waals surface area contributed by atoms with E-state index in [0.29, 0.717) is 11.1 Å². The normalized spacial score (nSPS) is 22.1. The van der Waals surface area contributed by atoms with E-state index >= 15 is 8.78 Å². The van der Waals surface area contributed by atoms with Gasteiger partial charge in [0.2, 0.25) is 5.79 Å². The first-order valence-corrected chi connectivity index (χ1v) is 8.90.